The lowest BCUT2D eigenvalue weighted by Crippen LogP contribution is -2.40. The average molecular weight is 445 g/mol. The molecule has 1 aliphatic carbocycles. The van der Waals surface area contributed by atoms with E-state index < -0.39 is 0 Å². The fraction of sp³-hybridized carbons (Fsp3) is 0.353. The van der Waals surface area contributed by atoms with Gasteiger partial charge < -0.3 is 15.2 Å². The van der Waals surface area contributed by atoms with E-state index in [1.165, 1.54) is 5.56 Å². The normalized spacial score (nSPS) is 19.8. The Labute approximate surface area is 159 Å². The molecule has 0 spiro atoms. The first-order chi connectivity index (χ1) is 10.8. The number of aliphatic imine (C=N–C) groups is 1. The van der Waals surface area contributed by atoms with Crippen molar-refractivity contribution in [2.75, 3.05) is 13.6 Å². The molecule has 1 heterocycles. The highest BCUT2D eigenvalue weighted by atomic mass is 127. The van der Waals surface area contributed by atoms with E-state index in [9.17, 15) is 0 Å². The molecular formula is C17H22ClIN4. The molecule has 2 atom stereocenters. The van der Waals surface area contributed by atoms with Crippen LogP contribution in [0.3, 0.4) is 0 Å². The molecule has 0 aliphatic heterocycles. The minimum absolute atomic E-state index is 0. The summed E-state index contributed by atoms with van der Waals surface area (Å²) >= 11 is 6.06. The second kappa shape index (κ2) is 8.59. The summed E-state index contributed by atoms with van der Waals surface area (Å²) in [5.41, 5.74) is 1.30. The number of guanidine groups is 1. The van der Waals surface area contributed by atoms with Crippen LogP contribution in [0.5, 0.6) is 0 Å². The molecule has 4 nitrogen and oxygen atoms in total. The molecule has 124 valence electrons. The number of benzene rings is 1. The third-order valence-corrected chi connectivity index (χ3v) is 4.18. The van der Waals surface area contributed by atoms with Crippen molar-refractivity contribution >= 4 is 41.5 Å². The van der Waals surface area contributed by atoms with Crippen LogP contribution in [0.25, 0.3) is 0 Å². The van der Waals surface area contributed by atoms with Crippen molar-refractivity contribution in [2.45, 2.75) is 24.9 Å². The summed E-state index contributed by atoms with van der Waals surface area (Å²) in [6.45, 7) is 1.78. The Bertz CT molecular complexity index is 642. The van der Waals surface area contributed by atoms with Crippen molar-refractivity contribution in [2.24, 2.45) is 4.99 Å². The van der Waals surface area contributed by atoms with Crippen LogP contribution in [0.1, 0.15) is 17.9 Å². The first kappa shape index (κ1) is 18.1. The lowest BCUT2D eigenvalue weighted by molar-refractivity contribution is 0.664. The van der Waals surface area contributed by atoms with Crippen molar-refractivity contribution < 1.29 is 0 Å². The van der Waals surface area contributed by atoms with E-state index in [4.69, 9.17) is 11.6 Å². The molecule has 23 heavy (non-hydrogen) atoms. The third-order valence-electron chi connectivity index (χ3n) is 3.94. The van der Waals surface area contributed by atoms with Crippen LogP contribution in [0.2, 0.25) is 5.02 Å². The van der Waals surface area contributed by atoms with Crippen molar-refractivity contribution in [3.05, 3.63) is 59.4 Å². The summed E-state index contributed by atoms with van der Waals surface area (Å²) in [6, 6.07) is 12.6. The lowest BCUT2D eigenvalue weighted by atomic mass is 10.1. The predicted molar refractivity (Wildman–Crippen MR) is 107 cm³/mol. The minimum Gasteiger partial charge on any atom is -0.355 e. The maximum Gasteiger partial charge on any atom is 0.191 e. The van der Waals surface area contributed by atoms with Gasteiger partial charge in [0.2, 0.25) is 0 Å². The maximum atomic E-state index is 6.06. The molecule has 6 heteroatoms. The second-order valence-corrected chi connectivity index (χ2v) is 6.00. The largest absolute Gasteiger partial charge is 0.355 e. The quantitative estimate of drug-likeness (QED) is 0.421. The first-order valence-corrected chi connectivity index (χ1v) is 7.97. The highest BCUT2D eigenvalue weighted by molar-refractivity contribution is 14.0. The first-order valence-electron chi connectivity index (χ1n) is 7.59. The van der Waals surface area contributed by atoms with E-state index in [0.29, 0.717) is 12.0 Å². The van der Waals surface area contributed by atoms with Gasteiger partial charge in [-0.05, 0) is 36.2 Å². The van der Waals surface area contributed by atoms with Gasteiger partial charge in [0.25, 0.3) is 0 Å². The molecule has 1 saturated carbocycles. The summed E-state index contributed by atoms with van der Waals surface area (Å²) in [6.07, 6.45) is 5.25. The van der Waals surface area contributed by atoms with E-state index >= 15 is 0 Å². The molecule has 2 N–H and O–H groups in total. The molecule has 1 aromatic carbocycles. The Morgan fingerprint density at radius 3 is 2.78 bits per heavy atom. The van der Waals surface area contributed by atoms with Gasteiger partial charge in [0.1, 0.15) is 0 Å². The van der Waals surface area contributed by atoms with Crippen LogP contribution in [-0.2, 0) is 6.54 Å². The summed E-state index contributed by atoms with van der Waals surface area (Å²) < 4.78 is 2.15. The van der Waals surface area contributed by atoms with Gasteiger partial charge in [0, 0.05) is 49.5 Å². The smallest absolute Gasteiger partial charge is 0.191 e. The molecule has 0 bridgehead atoms. The number of halogens is 2. The van der Waals surface area contributed by atoms with Gasteiger partial charge in [-0.2, -0.15) is 0 Å². The average Bonchev–Trinajstić information content (AvgIpc) is 3.09. The molecular weight excluding hydrogens is 423 g/mol. The Morgan fingerprint density at radius 1 is 1.30 bits per heavy atom. The van der Waals surface area contributed by atoms with Gasteiger partial charge >= 0.3 is 0 Å². The zero-order valence-electron chi connectivity index (χ0n) is 13.1. The Morgan fingerprint density at radius 2 is 2.09 bits per heavy atom. The standard InChI is InChI=1S/C17H21ClN4.HI/c1-19-17(20-7-10-22-8-2-3-9-22)21-16-12-15(16)13-5-4-6-14(18)11-13;/h2-6,8-9,11,15-16H,7,10,12H2,1H3,(H2,19,20,21);1H. The Hall–Kier alpha value is -1.21. The zero-order chi connectivity index (χ0) is 15.4. The van der Waals surface area contributed by atoms with Crippen molar-refractivity contribution in [1.29, 1.82) is 0 Å². The Kier molecular flexibility index (Phi) is 6.77. The summed E-state index contributed by atoms with van der Waals surface area (Å²) in [7, 11) is 1.81. The predicted octanol–water partition coefficient (Wildman–Crippen LogP) is 3.48. The second-order valence-electron chi connectivity index (χ2n) is 5.57. The topological polar surface area (TPSA) is 41.4 Å². The van der Waals surface area contributed by atoms with E-state index in [-0.39, 0.29) is 24.0 Å². The fourth-order valence-electron chi connectivity index (χ4n) is 2.65. The maximum absolute atomic E-state index is 6.06. The summed E-state index contributed by atoms with van der Waals surface area (Å²) in [5, 5.41) is 7.63. The molecule has 1 fully saturated rings. The zero-order valence-corrected chi connectivity index (χ0v) is 16.2. The molecule has 0 amide bonds. The van der Waals surface area contributed by atoms with Crippen molar-refractivity contribution in [1.82, 2.24) is 15.2 Å². The van der Waals surface area contributed by atoms with Gasteiger partial charge in [-0.3, -0.25) is 4.99 Å². The number of nitrogens with zero attached hydrogens (tertiary/aromatic N) is 2. The number of hydrogen-bond acceptors (Lipinski definition) is 1. The number of aromatic nitrogens is 1. The van der Waals surface area contributed by atoms with Gasteiger partial charge in [0.05, 0.1) is 0 Å². The SMILES string of the molecule is CN=C(NCCn1cccc1)NC1CC1c1cccc(Cl)c1.I. The summed E-state index contributed by atoms with van der Waals surface area (Å²) in [4.78, 5) is 4.29. The van der Waals surface area contributed by atoms with E-state index in [1.807, 2.05) is 31.3 Å². The van der Waals surface area contributed by atoms with Crippen LogP contribution in [0.4, 0.5) is 0 Å². The van der Waals surface area contributed by atoms with Crippen LogP contribution in [0, 0.1) is 0 Å². The fourth-order valence-corrected chi connectivity index (χ4v) is 2.85. The monoisotopic (exact) mass is 444 g/mol. The molecule has 0 saturated heterocycles. The van der Waals surface area contributed by atoms with E-state index in [2.05, 4.69) is 44.7 Å². The number of nitrogens with one attached hydrogen (secondary N) is 2. The van der Waals surface area contributed by atoms with Gasteiger partial charge in [-0.15, -0.1) is 24.0 Å². The number of hydrogen-bond donors (Lipinski definition) is 2. The van der Waals surface area contributed by atoms with E-state index in [0.717, 1.165) is 30.5 Å². The number of rotatable bonds is 5. The third kappa shape index (κ3) is 5.14. The Balaban J connectivity index is 0.00000192. The van der Waals surface area contributed by atoms with Gasteiger partial charge in [-0.1, -0.05) is 23.7 Å². The molecule has 0 radical (unpaired) electrons. The molecule has 1 aromatic heterocycles. The van der Waals surface area contributed by atoms with E-state index in [1.54, 1.807) is 0 Å². The van der Waals surface area contributed by atoms with Crippen LogP contribution in [-0.4, -0.2) is 30.2 Å². The van der Waals surface area contributed by atoms with Gasteiger partial charge in [-0.25, -0.2) is 0 Å². The molecule has 3 rings (SSSR count). The summed E-state index contributed by atoms with van der Waals surface area (Å²) in [5.74, 6) is 1.39. The minimum atomic E-state index is 0. The van der Waals surface area contributed by atoms with Crippen LogP contribution >= 0.6 is 35.6 Å². The van der Waals surface area contributed by atoms with Crippen molar-refractivity contribution in [3.63, 3.8) is 0 Å². The van der Waals surface area contributed by atoms with Crippen LogP contribution < -0.4 is 10.6 Å². The van der Waals surface area contributed by atoms with Crippen LogP contribution in [0.15, 0.2) is 53.8 Å². The molecule has 1 aliphatic rings. The molecule has 2 unspecified atom stereocenters. The highest BCUT2D eigenvalue weighted by Crippen LogP contribution is 2.41. The molecule has 2 aromatic rings. The van der Waals surface area contributed by atoms with Crippen molar-refractivity contribution in [3.8, 4) is 0 Å². The van der Waals surface area contributed by atoms with Gasteiger partial charge in [0.15, 0.2) is 5.96 Å². The lowest BCUT2D eigenvalue weighted by Gasteiger charge is -2.12. The highest BCUT2D eigenvalue weighted by Gasteiger charge is 2.39.